The lowest BCUT2D eigenvalue weighted by molar-refractivity contribution is 0.0785. The molecule has 0 radical (unpaired) electrons. The van der Waals surface area contributed by atoms with Crippen LogP contribution in [-0.2, 0) is 4.74 Å². The van der Waals surface area contributed by atoms with Crippen molar-refractivity contribution < 1.29 is 14.3 Å². The molecule has 0 heterocycles. The lowest BCUT2D eigenvalue weighted by Crippen LogP contribution is -2.39. The predicted molar refractivity (Wildman–Crippen MR) is 121 cm³/mol. The van der Waals surface area contributed by atoms with Crippen LogP contribution in [0.4, 0.5) is 16.2 Å². The van der Waals surface area contributed by atoms with E-state index in [9.17, 15) is 4.79 Å². The summed E-state index contributed by atoms with van der Waals surface area (Å²) in [5, 5.41) is 2.78. The minimum absolute atomic E-state index is 0.259. The molecule has 3 aromatic carbocycles. The first-order valence-electron chi connectivity index (χ1n) is 10.2. The Bertz CT molecular complexity index is 916. The van der Waals surface area contributed by atoms with E-state index in [0.29, 0.717) is 12.2 Å². The predicted octanol–water partition coefficient (Wildman–Crippen LogP) is 5.52. The van der Waals surface area contributed by atoms with Crippen molar-refractivity contribution in [1.82, 2.24) is 0 Å². The smallest absolute Gasteiger partial charge is 0.412 e. The molecule has 30 heavy (non-hydrogen) atoms. The van der Waals surface area contributed by atoms with Gasteiger partial charge in [0.25, 0.3) is 0 Å². The van der Waals surface area contributed by atoms with E-state index < -0.39 is 12.2 Å². The standard InChI is InChI=1S/C25H28N2O3/c1-3-27(24-17-11-10-12-20(24)2)18-23(19-29-22-15-8-5-9-16-22)30-25(28)26-21-13-6-4-7-14-21/h4-17,23H,3,18-19H2,1-2H3,(H,26,28). The van der Waals surface area contributed by atoms with Crippen LogP contribution in [0, 0.1) is 6.92 Å². The number of nitrogens with zero attached hydrogens (tertiary/aromatic N) is 1. The minimum atomic E-state index is -0.497. The van der Waals surface area contributed by atoms with Gasteiger partial charge in [-0.2, -0.15) is 0 Å². The summed E-state index contributed by atoms with van der Waals surface area (Å²) in [6.07, 6.45) is -0.947. The second-order valence-electron chi connectivity index (χ2n) is 6.97. The Hall–Kier alpha value is -3.47. The van der Waals surface area contributed by atoms with Crippen LogP contribution in [0.25, 0.3) is 0 Å². The summed E-state index contributed by atoms with van der Waals surface area (Å²) in [7, 11) is 0. The van der Waals surface area contributed by atoms with Crippen molar-refractivity contribution in [3.63, 3.8) is 0 Å². The number of hydrogen-bond acceptors (Lipinski definition) is 4. The highest BCUT2D eigenvalue weighted by atomic mass is 16.6. The van der Waals surface area contributed by atoms with Crippen LogP contribution in [0.15, 0.2) is 84.9 Å². The third-order valence-corrected chi connectivity index (χ3v) is 4.73. The molecular weight excluding hydrogens is 376 g/mol. The van der Waals surface area contributed by atoms with E-state index in [2.05, 4.69) is 36.2 Å². The number of hydrogen-bond donors (Lipinski definition) is 1. The van der Waals surface area contributed by atoms with Gasteiger partial charge in [-0.1, -0.05) is 54.6 Å². The molecule has 0 saturated carbocycles. The molecule has 1 N–H and O–H groups in total. The minimum Gasteiger partial charge on any atom is -0.490 e. The van der Waals surface area contributed by atoms with Gasteiger partial charge in [-0.25, -0.2) is 4.79 Å². The van der Waals surface area contributed by atoms with Crippen molar-refractivity contribution in [2.24, 2.45) is 0 Å². The van der Waals surface area contributed by atoms with Gasteiger partial charge in [0.2, 0.25) is 0 Å². The van der Waals surface area contributed by atoms with Crippen molar-refractivity contribution in [1.29, 1.82) is 0 Å². The molecule has 1 unspecified atom stereocenters. The van der Waals surface area contributed by atoms with Gasteiger partial charge in [0.1, 0.15) is 12.4 Å². The fourth-order valence-corrected chi connectivity index (χ4v) is 3.21. The highest BCUT2D eigenvalue weighted by Crippen LogP contribution is 2.20. The zero-order valence-corrected chi connectivity index (χ0v) is 17.5. The Labute approximate surface area is 178 Å². The topological polar surface area (TPSA) is 50.8 Å². The Kier molecular flexibility index (Phi) is 7.72. The molecule has 0 aliphatic carbocycles. The molecule has 1 atom stereocenters. The van der Waals surface area contributed by atoms with E-state index in [0.717, 1.165) is 18.0 Å². The maximum atomic E-state index is 12.5. The van der Waals surface area contributed by atoms with Crippen molar-refractivity contribution >= 4 is 17.5 Å². The van der Waals surface area contributed by atoms with Gasteiger partial charge in [-0.05, 0) is 49.7 Å². The molecule has 3 rings (SSSR count). The second kappa shape index (κ2) is 10.9. The number of likely N-dealkylation sites (N-methyl/N-ethyl adjacent to an activating group) is 1. The maximum absolute atomic E-state index is 12.5. The highest BCUT2D eigenvalue weighted by molar-refractivity contribution is 5.84. The molecule has 0 saturated heterocycles. The van der Waals surface area contributed by atoms with Gasteiger partial charge in [0.15, 0.2) is 6.10 Å². The first-order valence-corrected chi connectivity index (χ1v) is 10.2. The van der Waals surface area contributed by atoms with Crippen LogP contribution in [0.1, 0.15) is 12.5 Å². The number of ether oxygens (including phenoxy) is 2. The van der Waals surface area contributed by atoms with E-state index in [4.69, 9.17) is 9.47 Å². The molecule has 5 heteroatoms. The van der Waals surface area contributed by atoms with Gasteiger partial charge in [0.05, 0.1) is 6.54 Å². The van der Waals surface area contributed by atoms with Gasteiger partial charge >= 0.3 is 6.09 Å². The maximum Gasteiger partial charge on any atom is 0.412 e. The molecule has 0 fully saturated rings. The van der Waals surface area contributed by atoms with E-state index in [1.54, 1.807) is 0 Å². The summed E-state index contributed by atoms with van der Waals surface area (Å²) in [4.78, 5) is 14.7. The summed E-state index contributed by atoms with van der Waals surface area (Å²) in [5.74, 6) is 0.744. The lowest BCUT2D eigenvalue weighted by atomic mass is 10.1. The van der Waals surface area contributed by atoms with Crippen LogP contribution in [-0.4, -0.2) is 31.9 Å². The van der Waals surface area contributed by atoms with Gasteiger partial charge in [-0.3, -0.25) is 5.32 Å². The van der Waals surface area contributed by atoms with E-state index in [-0.39, 0.29) is 6.61 Å². The molecule has 1 amide bonds. The van der Waals surface area contributed by atoms with Crippen LogP contribution in [0.5, 0.6) is 5.75 Å². The monoisotopic (exact) mass is 404 g/mol. The van der Waals surface area contributed by atoms with E-state index >= 15 is 0 Å². The van der Waals surface area contributed by atoms with Crippen molar-refractivity contribution in [2.75, 3.05) is 29.9 Å². The number of rotatable bonds is 9. The summed E-state index contributed by atoms with van der Waals surface area (Å²) < 4.78 is 11.7. The van der Waals surface area contributed by atoms with Crippen LogP contribution in [0.2, 0.25) is 0 Å². The average molecular weight is 405 g/mol. The van der Waals surface area contributed by atoms with Gasteiger partial charge < -0.3 is 14.4 Å². The molecule has 0 aromatic heterocycles. The summed E-state index contributed by atoms with van der Waals surface area (Å²) in [6.45, 7) is 5.74. The SMILES string of the molecule is CCN(CC(COc1ccccc1)OC(=O)Nc1ccccc1)c1ccccc1C. The molecule has 5 nitrogen and oxygen atoms in total. The van der Waals surface area contributed by atoms with Crippen LogP contribution < -0.4 is 15.0 Å². The number of amides is 1. The van der Waals surface area contributed by atoms with Crippen molar-refractivity contribution in [2.45, 2.75) is 20.0 Å². The number of carbonyl (C=O) groups excluding carboxylic acids is 1. The quantitative estimate of drug-likeness (QED) is 0.510. The lowest BCUT2D eigenvalue weighted by Gasteiger charge is -2.29. The van der Waals surface area contributed by atoms with E-state index in [1.807, 2.05) is 72.8 Å². The number of carbonyl (C=O) groups is 1. The molecule has 3 aromatic rings. The second-order valence-corrected chi connectivity index (χ2v) is 6.97. The highest BCUT2D eigenvalue weighted by Gasteiger charge is 2.20. The third kappa shape index (κ3) is 6.27. The zero-order chi connectivity index (χ0) is 21.2. The number of benzene rings is 3. The number of nitrogens with one attached hydrogen (secondary N) is 1. The molecule has 0 aliphatic rings. The Morgan fingerprint density at radius 2 is 1.57 bits per heavy atom. The number of anilines is 2. The zero-order valence-electron chi connectivity index (χ0n) is 17.5. The van der Waals surface area contributed by atoms with E-state index in [1.165, 1.54) is 5.56 Å². The summed E-state index contributed by atoms with van der Waals surface area (Å²) >= 11 is 0. The molecule has 156 valence electrons. The molecule has 0 bridgehead atoms. The van der Waals surface area contributed by atoms with Gasteiger partial charge in [-0.15, -0.1) is 0 Å². The first kappa shape index (κ1) is 21.2. The Morgan fingerprint density at radius 3 is 2.23 bits per heavy atom. The third-order valence-electron chi connectivity index (χ3n) is 4.73. The summed E-state index contributed by atoms with van der Waals surface area (Å²) in [5.41, 5.74) is 2.99. The molecular formula is C25H28N2O3. The average Bonchev–Trinajstić information content (AvgIpc) is 2.77. The van der Waals surface area contributed by atoms with Crippen LogP contribution >= 0.6 is 0 Å². The number of aryl methyl sites for hydroxylation is 1. The molecule has 0 aliphatic heterocycles. The Morgan fingerprint density at radius 1 is 0.933 bits per heavy atom. The van der Waals surface area contributed by atoms with Gasteiger partial charge in [0, 0.05) is 17.9 Å². The fourth-order valence-electron chi connectivity index (χ4n) is 3.21. The summed E-state index contributed by atoms with van der Waals surface area (Å²) in [6, 6.07) is 27.0. The Balaban J connectivity index is 1.70. The fraction of sp³-hybridized carbons (Fsp3) is 0.240. The van der Waals surface area contributed by atoms with Crippen molar-refractivity contribution in [3.05, 3.63) is 90.5 Å². The number of para-hydroxylation sites is 3. The molecule has 0 spiro atoms. The van der Waals surface area contributed by atoms with Crippen LogP contribution in [0.3, 0.4) is 0 Å². The first-order chi connectivity index (χ1) is 14.7. The van der Waals surface area contributed by atoms with Crippen molar-refractivity contribution in [3.8, 4) is 5.75 Å². The normalized spacial score (nSPS) is 11.4. The largest absolute Gasteiger partial charge is 0.490 e.